The van der Waals surface area contributed by atoms with Crippen LogP contribution >= 0.6 is 11.3 Å². The second-order valence-corrected chi connectivity index (χ2v) is 7.48. The van der Waals surface area contributed by atoms with Crippen LogP contribution in [0, 0.1) is 0 Å². The molecule has 0 atom stereocenters. The van der Waals surface area contributed by atoms with Crippen molar-refractivity contribution in [1.29, 1.82) is 0 Å². The third kappa shape index (κ3) is 2.62. The molecular weight excluding hydrogens is 287 g/mol. The van der Waals surface area contributed by atoms with E-state index in [1.807, 2.05) is 33.1 Å². The van der Waals surface area contributed by atoms with Crippen molar-refractivity contribution >= 4 is 35.1 Å². The van der Waals surface area contributed by atoms with Crippen LogP contribution in [0.2, 0.25) is 0 Å². The monoisotopic (exact) mass is 308 g/mol. The Labute approximate surface area is 129 Å². The zero-order valence-corrected chi connectivity index (χ0v) is 13.8. The van der Waals surface area contributed by atoms with Crippen molar-refractivity contribution in [3.63, 3.8) is 0 Å². The highest BCUT2D eigenvalue weighted by molar-refractivity contribution is 7.14. The van der Waals surface area contributed by atoms with Gasteiger partial charge in [0.25, 0.3) is 0 Å². The van der Waals surface area contributed by atoms with Crippen molar-refractivity contribution in [2.45, 2.75) is 58.2 Å². The van der Waals surface area contributed by atoms with E-state index >= 15 is 0 Å². The molecule has 0 radical (unpaired) electrons. The third-order valence-electron chi connectivity index (χ3n) is 4.56. The number of hydrogen-bond donors (Lipinski definition) is 0. The number of aromatic nitrogens is 1. The summed E-state index contributed by atoms with van der Waals surface area (Å²) < 4.78 is 12.0. The van der Waals surface area contributed by atoms with Gasteiger partial charge in [0.1, 0.15) is 0 Å². The van der Waals surface area contributed by atoms with Gasteiger partial charge in [-0.2, -0.15) is 0 Å². The normalized spacial score (nSPS) is 24.7. The Balaban J connectivity index is 1.78. The minimum Gasteiger partial charge on any atom is -0.398 e. The van der Waals surface area contributed by atoms with Gasteiger partial charge in [-0.1, -0.05) is 0 Å². The molecule has 0 unspecified atom stereocenters. The van der Waals surface area contributed by atoms with Gasteiger partial charge in [0, 0.05) is 18.3 Å². The Hall–Kier alpha value is -0.915. The van der Waals surface area contributed by atoms with Gasteiger partial charge in [-0.3, -0.25) is 9.69 Å². The zero-order valence-electron chi connectivity index (χ0n) is 13.0. The smallest absolute Gasteiger partial charge is 0.398 e. The van der Waals surface area contributed by atoms with Crippen LogP contribution in [0.3, 0.4) is 0 Å². The molecule has 21 heavy (non-hydrogen) atoms. The predicted molar refractivity (Wildman–Crippen MR) is 84.0 cm³/mol. The van der Waals surface area contributed by atoms with E-state index in [2.05, 4.69) is 4.98 Å². The lowest BCUT2D eigenvalue weighted by Crippen LogP contribution is -2.41. The first-order valence-electron chi connectivity index (χ1n) is 7.42. The predicted octanol–water partition coefficient (Wildman–Crippen LogP) is 1.96. The maximum Gasteiger partial charge on any atom is 0.515 e. The molecule has 2 aliphatic heterocycles. The quantitative estimate of drug-likeness (QED) is 0.784. The zero-order chi connectivity index (χ0) is 15.3. The van der Waals surface area contributed by atoms with Crippen molar-refractivity contribution < 1.29 is 14.1 Å². The number of thiazole rings is 1. The first-order valence-corrected chi connectivity index (χ1v) is 8.29. The van der Waals surface area contributed by atoms with Gasteiger partial charge in [0.15, 0.2) is 5.13 Å². The lowest BCUT2D eigenvalue weighted by Gasteiger charge is -2.32. The van der Waals surface area contributed by atoms with Crippen molar-refractivity contribution in [1.82, 2.24) is 4.98 Å². The average Bonchev–Trinajstić information content (AvgIpc) is 2.94. The molecule has 0 aromatic carbocycles. The Morgan fingerprint density at radius 1 is 1.24 bits per heavy atom. The second kappa shape index (κ2) is 5.07. The molecule has 2 fully saturated rings. The van der Waals surface area contributed by atoms with E-state index in [4.69, 9.17) is 9.31 Å². The van der Waals surface area contributed by atoms with Crippen LogP contribution < -0.4 is 10.5 Å². The fourth-order valence-corrected chi connectivity index (χ4v) is 3.35. The molecule has 7 heteroatoms. The van der Waals surface area contributed by atoms with Gasteiger partial charge >= 0.3 is 7.12 Å². The molecule has 1 aromatic heterocycles. The van der Waals surface area contributed by atoms with Crippen LogP contribution in [0.15, 0.2) is 5.38 Å². The highest BCUT2D eigenvalue weighted by Gasteiger charge is 2.52. The van der Waals surface area contributed by atoms with Gasteiger partial charge < -0.3 is 9.31 Å². The van der Waals surface area contributed by atoms with Crippen LogP contribution in [0.4, 0.5) is 5.13 Å². The SMILES string of the molecule is CC1(C)OB(c2csc(N3CCCCC3=O)n2)OC1(C)C. The van der Waals surface area contributed by atoms with Gasteiger partial charge in [-0.05, 0) is 40.5 Å². The number of amides is 1. The molecule has 5 nitrogen and oxygen atoms in total. The number of carbonyl (C=O) groups excluding carboxylic acids is 1. The molecule has 2 aliphatic rings. The third-order valence-corrected chi connectivity index (χ3v) is 5.44. The van der Waals surface area contributed by atoms with Crippen molar-refractivity contribution in [3.05, 3.63) is 5.38 Å². The van der Waals surface area contributed by atoms with Gasteiger partial charge in [-0.15, -0.1) is 11.3 Å². The maximum atomic E-state index is 12.0. The molecule has 0 saturated carbocycles. The Morgan fingerprint density at radius 3 is 2.52 bits per heavy atom. The fourth-order valence-electron chi connectivity index (χ4n) is 2.48. The highest BCUT2D eigenvalue weighted by Crippen LogP contribution is 2.36. The van der Waals surface area contributed by atoms with Crippen molar-refractivity contribution in [2.24, 2.45) is 0 Å². The number of hydrogen-bond acceptors (Lipinski definition) is 5. The number of piperidine rings is 1. The number of rotatable bonds is 2. The van der Waals surface area contributed by atoms with E-state index in [0.717, 1.165) is 30.1 Å². The molecule has 0 N–H and O–H groups in total. The Kier molecular flexibility index (Phi) is 3.62. The van der Waals surface area contributed by atoms with Crippen LogP contribution in [-0.4, -0.2) is 35.8 Å². The first-order chi connectivity index (χ1) is 9.80. The molecule has 1 aromatic rings. The lowest BCUT2D eigenvalue weighted by atomic mass is 9.86. The molecular formula is C14H21BN2O3S. The summed E-state index contributed by atoms with van der Waals surface area (Å²) in [7, 11) is -0.458. The number of anilines is 1. The molecule has 0 bridgehead atoms. The molecule has 3 rings (SSSR count). The summed E-state index contributed by atoms with van der Waals surface area (Å²) >= 11 is 1.48. The standard InChI is InChI=1S/C14H21BN2O3S/c1-13(2)14(3,4)20-15(19-13)10-9-21-12(16-10)17-8-6-5-7-11(17)18/h9H,5-8H2,1-4H3. The highest BCUT2D eigenvalue weighted by atomic mass is 32.1. The van der Waals surface area contributed by atoms with E-state index in [9.17, 15) is 4.79 Å². The van der Waals surface area contributed by atoms with Crippen LogP contribution in [0.25, 0.3) is 0 Å². The molecule has 2 saturated heterocycles. The van der Waals surface area contributed by atoms with Crippen LogP contribution in [-0.2, 0) is 14.1 Å². The van der Waals surface area contributed by atoms with Gasteiger partial charge in [0.2, 0.25) is 5.91 Å². The van der Waals surface area contributed by atoms with E-state index in [1.165, 1.54) is 11.3 Å². The summed E-state index contributed by atoms with van der Waals surface area (Å²) in [6.07, 6.45) is 2.63. The maximum absolute atomic E-state index is 12.0. The Bertz CT molecular complexity index is 542. The summed E-state index contributed by atoms with van der Waals surface area (Å²) in [5.41, 5.74) is 0.0112. The minimum atomic E-state index is -0.458. The van der Waals surface area contributed by atoms with Crippen molar-refractivity contribution in [3.8, 4) is 0 Å². The summed E-state index contributed by atoms with van der Waals surface area (Å²) in [5, 5.41) is 2.68. The topological polar surface area (TPSA) is 51.7 Å². The molecule has 114 valence electrons. The minimum absolute atomic E-state index is 0.163. The average molecular weight is 308 g/mol. The molecule has 0 spiro atoms. The van der Waals surface area contributed by atoms with Gasteiger partial charge in [0.05, 0.1) is 16.8 Å². The van der Waals surface area contributed by atoms with E-state index in [0.29, 0.717) is 6.42 Å². The Morgan fingerprint density at radius 2 is 1.90 bits per heavy atom. The van der Waals surface area contributed by atoms with Crippen LogP contribution in [0.1, 0.15) is 47.0 Å². The largest absolute Gasteiger partial charge is 0.515 e. The fraction of sp³-hybridized carbons (Fsp3) is 0.714. The van der Waals surface area contributed by atoms with E-state index in [-0.39, 0.29) is 17.1 Å². The molecule has 0 aliphatic carbocycles. The first kappa shape index (κ1) is 15.0. The number of carbonyl (C=O) groups is 1. The summed E-state index contributed by atoms with van der Waals surface area (Å²) in [6.45, 7) is 8.85. The number of nitrogens with zero attached hydrogens (tertiary/aromatic N) is 2. The van der Waals surface area contributed by atoms with E-state index in [1.54, 1.807) is 4.90 Å². The summed E-state index contributed by atoms with van der Waals surface area (Å²) in [4.78, 5) is 18.3. The summed E-state index contributed by atoms with van der Waals surface area (Å²) in [6, 6.07) is 0. The van der Waals surface area contributed by atoms with Crippen LogP contribution in [0.5, 0.6) is 0 Å². The molecule has 3 heterocycles. The van der Waals surface area contributed by atoms with E-state index < -0.39 is 7.12 Å². The second-order valence-electron chi connectivity index (χ2n) is 6.65. The summed E-state index contributed by atoms with van der Waals surface area (Å²) in [5.74, 6) is 0.163. The van der Waals surface area contributed by atoms with Gasteiger partial charge in [-0.25, -0.2) is 4.98 Å². The lowest BCUT2D eigenvalue weighted by molar-refractivity contribution is -0.119. The van der Waals surface area contributed by atoms with Crippen molar-refractivity contribution in [2.75, 3.05) is 11.4 Å². The molecule has 1 amide bonds.